The first-order valence-electron chi connectivity index (χ1n) is 10.1. The van der Waals surface area contributed by atoms with Gasteiger partial charge in [0.2, 0.25) is 5.95 Å². The molecule has 2 aliphatic rings. The van der Waals surface area contributed by atoms with E-state index in [1.807, 2.05) is 48.7 Å². The first-order chi connectivity index (χ1) is 14.7. The molecular formula is C24H23N5O. The molecular weight excluding hydrogens is 374 g/mol. The number of benzene rings is 2. The molecule has 0 atom stereocenters. The molecule has 0 radical (unpaired) electrons. The Balaban J connectivity index is 1.56. The standard InChI is InChI=1S/C24H23N5O/c1-26-21(15-6-3-2-4-7-15)20-18(25)11-10-17-14-27-24(29-22(17)20)28-19-9-5-8-16-12-13-30-23(16)19/h2-9,14H,10-13,25H2,1H3,(H,27,28,29). The van der Waals surface area contributed by atoms with Crippen molar-refractivity contribution in [1.29, 1.82) is 0 Å². The third-order valence-corrected chi connectivity index (χ3v) is 5.55. The first kappa shape index (κ1) is 18.4. The lowest BCUT2D eigenvalue weighted by molar-refractivity contribution is 0.358. The van der Waals surface area contributed by atoms with Gasteiger partial charge in [0, 0.05) is 36.5 Å². The zero-order chi connectivity index (χ0) is 20.5. The Bertz CT molecular complexity index is 1170. The van der Waals surface area contributed by atoms with E-state index in [-0.39, 0.29) is 0 Å². The van der Waals surface area contributed by atoms with Gasteiger partial charge >= 0.3 is 0 Å². The molecule has 1 aromatic heterocycles. The number of fused-ring (bicyclic) bond motifs is 2. The van der Waals surface area contributed by atoms with E-state index in [1.165, 1.54) is 5.56 Å². The van der Waals surface area contributed by atoms with Gasteiger partial charge in [0.25, 0.3) is 0 Å². The van der Waals surface area contributed by atoms with Gasteiger partial charge in [0.1, 0.15) is 5.75 Å². The fourth-order valence-corrected chi connectivity index (χ4v) is 4.09. The maximum absolute atomic E-state index is 6.48. The number of hydrogen-bond donors (Lipinski definition) is 2. The van der Waals surface area contributed by atoms with E-state index in [1.54, 1.807) is 7.05 Å². The van der Waals surface area contributed by atoms with Crippen molar-refractivity contribution in [2.75, 3.05) is 19.0 Å². The van der Waals surface area contributed by atoms with Crippen LogP contribution in [0.4, 0.5) is 11.6 Å². The minimum absolute atomic E-state index is 0.522. The van der Waals surface area contributed by atoms with Gasteiger partial charge in [0.05, 0.1) is 23.7 Å². The molecule has 30 heavy (non-hydrogen) atoms. The summed E-state index contributed by atoms with van der Waals surface area (Å²) < 4.78 is 5.80. The van der Waals surface area contributed by atoms with Gasteiger partial charge in [-0.05, 0) is 30.0 Å². The molecule has 0 fully saturated rings. The lowest BCUT2D eigenvalue weighted by Crippen LogP contribution is -2.20. The lowest BCUT2D eigenvalue weighted by Gasteiger charge is -2.22. The number of hydrogen-bond acceptors (Lipinski definition) is 6. The van der Waals surface area contributed by atoms with E-state index >= 15 is 0 Å². The number of aryl methyl sites for hydroxylation is 1. The fraction of sp³-hybridized carbons (Fsp3) is 0.208. The van der Waals surface area contributed by atoms with Gasteiger partial charge in [-0.3, -0.25) is 4.99 Å². The summed E-state index contributed by atoms with van der Waals surface area (Å²) in [5.74, 6) is 1.41. The summed E-state index contributed by atoms with van der Waals surface area (Å²) in [6.07, 6.45) is 4.40. The van der Waals surface area contributed by atoms with Gasteiger partial charge in [-0.2, -0.15) is 0 Å². The average molecular weight is 397 g/mol. The summed E-state index contributed by atoms with van der Waals surface area (Å²) in [7, 11) is 1.79. The number of aromatic nitrogens is 2. The quantitative estimate of drug-likeness (QED) is 0.653. The Morgan fingerprint density at radius 1 is 1.03 bits per heavy atom. The molecule has 0 spiro atoms. The third-order valence-electron chi connectivity index (χ3n) is 5.55. The van der Waals surface area contributed by atoms with E-state index in [4.69, 9.17) is 15.5 Å². The Morgan fingerprint density at radius 2 is 1.90 bits per heavy atom. The van der Waals surface area contributed by atoms with Gasteiger partial charge in [-0.1, -0.05) is 42.5 Å². The molecule has 6 nitrogen and oxygen atoms in total. The average Bonchev–Trinajstić information content (AvgIpc) is 3.26. The second-order valence-corrected chi connectivity index (χ2v) is 7.42. The highest BCUT2D eigenvalue weighted by Gasteiger charge is 2.25. The van der Waals surface area contributed by atoms with Crippen LogP contribution in [0.3, 0.4) is 0 Å². The smallest absolute Gasteiger partial charge is 0.227 e. The molecule has 0 bridgehead atoms. The van der Waals surface area contributed by atoms with Crippen LogP contribution < -0.4 is 15.8 Å². The Morgan fingerprint density at radius 3 is 2.73 bits per heavy atom. The Labute approximate surface area is 175 Å². The molecule has 5 rings (SSSR count). The van der Waals surface area contributed by atoms with Crippen LogP contribution in [0.15, 0.2) is 65.4 Å². The number of nitrogens with two attached hydrogens (primary N) is 1. The lowest BCUT2D eigenvalue weighted by atomic mass is 9.88. The first-order valence-corrected chi connectivity index (χ1v) is 10.1. The van der Waals surface area contributed by atoms with Gasteiger partial charge in [-0.15, -0.1) is 0 Å². The van der Waals surface area contributed by atoms with Gasteiger partial charge in [0.15, 0.2) is 0 Å². The number of ether oxygens (including phenoxy) is 1. The van der Waals surface area contributed by atoms with Crippen molar-refractivity contribution in [2.45, 2.75) is 19.3 Å². The maximum atomic E-state index is 6.48. The number of aliphatic imine (C=N–C) groups is 1. The van der Waals surface area contributed by atoms with Crippen LogP contribution in [0.2, 0.25) is 0 Å². The molecule has 1 aliphatic carbocycles. The van der Waals surface area contributed by atoms with Gasteiger partial charge in [-0.25, -0.2) is 9.97 Å². The molecule has 3 N–H and O–H groups in total. The van der Waals surface area contributed by atoms with Crippen LogP contribution in [0.5, 0.6) is 5.75 Å². The summed E-state index contributed by atoms with van der Waals surface area (Å²) in [4.78, 5) is 14.0. The highest BCUT2D eigenvalue weighted by atomic mass is 16.5. The summed E-state index contributed by atoms with van der Waals surface area (Å²) in [5, 5.41) is 3.34. The molecule has 3 aromatic rings. The highest BCUT2D eigenvalue weighted by Crippen LogP contribution is 2.36. The monoisotopic (exact) mass is 397 g/mol. The highest BCUT2D eigenvalue weighted by molar-refractivity contribution is 6.32. The molecule has 0 saturated heterocycles. The van der Waals surface area contributed by atoms with E-state index in [0.717, 1.165) is 64.5 Å². The zero-order valence-electron chi connectivity index (χ0n) is 16.9. The zero-order valence-corrected chi connectivity index (χ0v) is 16.9. The van der Waals surface area contributed by atoms with Crippen LogP contribution in [0, 0.1) is 0 Å². The van der Waals surface area contributed by atoms with Crippen molar-refractivity contribution in [3.8, 4) is 5.75 Å². The topological polar surface area (TPSA) is 85.4 Å². The van der Waals surface area contributed by atoms with E-state index < -0.39 is 0 Å². The molecule has 2 aromatic carbocycles. The van der Waals surface area contributed by atoms with Crippen molar-refractivity contribution in [1.82, 2.24) is 9.97 Å². The van der Waals surface area contributed by atoms with Crippen LogP contribution in [0.25, 0.3) is 5.57 Å². The molecule has 1 aliphatic heterocycles. The molecule has 0 unspecified atom stereocenters. The largest absolute Gasteiger partial charge is 0.491 e. The number of rotatable bonds is 4. The van der Waals surface area contributed by atoms with E-state index in [2.05, 4.69) is 21.4 Å². The number of anilines is 2. The predicted octanol–water partition coefficient (Wildman–Crippen LogP) is 3.89. The third kappa shape index (κ3) is 3.20. The number of para-hydroxylation sites is 1. The summed E-state index contributed by atoms with van der Waals surface area (Å²) in [5.41, 5.74) is 14.1. The molecule has 6 heteroatoms. The van der Waals surface area contributed by atoms with Crippen molar-refractivity contribution in [3.05, 3.63) is 82.8 Å². The number of nitrogens with one attached hydrogen (secondary N) is 1. The van der Waals surface area contributed by atoms with Crippen molar-refractivity contribution in [2.24, 2.45) is 10.7 Å². The minimum Gasteiger partial charge on any atom is -0.491 e. The summed E-state index contributed by atoms with van der Waals surface area (Å²) in [6.45, 7) is 0.704. The van der Waals surface area contributed by atoms with Crippen molar-refractivity contribution >= 4 is 22.9 Å². The fourth-order valence-electron chi connectivity index (χ4n) is 4.09. The Hall–Kier alpha value is -3.67. The summed E-state index contributed by atoms with van der Waals surface area (Å²) >= 11 is 0. The SMILES string of the molecule is CN=C(C1=C(N)CCc2cnc(Nc3cccc4c3OCC4)nc21)c1ccccc1. The molecule has 2 heterocycles. The van der Waals surface area contributed by atoms with Crippen LogP contribution in [0.1, 0.15) is 28.8 Å². The van der Waals surface area contributed by atoms with Crippen molar-refractivity contribution < 1.29 is 4.74 Å². The second-order valence-electron chi connectivity index (χ2n) is 7.42. The van der Waals surface area contributed by atoms with Crippen LogP contribution >= 0.6 is 0 Å². The van der Waals surface area contributed by atoms with Crippen LogP contribution in [-0.4, -0.2) is 29.3 Å². The number of nitrogens with zero attached hydrogens (tertiary/aromatic N) is 3. The Kier molecular flexibility index (Phi) is 4.67. The maximum Gasteiger partial charge on any atom is 0.227 e. The van der Waals surface area contributed by atoms with Crippen molar-refractivity contribution in [3.63, 3.8) is 0 Å². The van der Waals surface area contributed by atoms with Gasteiger partial charge < -0.3 is 15.8 Å². The minimum atomic E-state index is 0.522. The molecule has 0 amide bonds. The van der Waals surface area contributed by atoms with E-state index in [0.29, 0.717) is 12.6 Å². The van der Waals surface area contributed by atoms with E-state index in [9.17, 15) is 0 Å². The molecule has 150 valence electrons. The second kappa shape index (κ2) is 7.63. The van der Waals surface area contributed by atoms with Crippen LogP contribution in [-0.2, 0) is 12.8 Å². The molecule has 0 saturated carbocycles. The summed E-state index contributed by atoms with van der Waals surface area (Å²) in [6, 6.07) is 16.2. The number of allylic oxidation sites excluding steroid dienone is 2. The predicted molar refractivity (Wildman–Crippen MR) is 119 cm³/mol. The normalized spacial score (nSPS) is 15.4.